The third-order valence-electron chi connectivity index (χ3n) is 3.57. The number of nitrogens with one attached hydrogen (secondary N) is 2. The zero-order chi connectivity index (χ0) is 21.4. The molecule has 0 radical (unpaired) electrons. The lowest BCUT2D eigenvalue weighted by atomic mass is 10.1. The van der Waals surface area contributed by atoms with E-state index in [0.29, 0.717) is 11.1 Å². The molecule has 152 valence electrons. The Morgan fingerprint density at radius 3 is 2.34 bits per heavy atom. The van der Waals surface area contributed by atoms with Gasteiger partial charge in [0, 0.05) is 17.7 Å². The largest absolute Gasteiger partial charge is 0.573 e. The number of hydrogen-bond donors (Lipinski definition) is 4. The van der Waals surface area contributed by atoms with Crippen LogP contribution in [0.3, 0.4) is 0 Å². The molecule has 1 unspecified atom stereocenters. The maximum Gasteiger partial charge on any atom is 0.573 e. The monoisotopic (exact) mass is 407 g/mol. The number of hydrogen-bond acceptors (Lipinski definition) is 5. The highest BCUT2D eigenvalue weighted by atomic mass is 19.4. The van der Waals surface area contributed by atoms with Crippen molar-refractivity contribution in [3.05, 3.63) is 65.2 Å². The summed E-state index contributed by atoms with van der Waals surface area (Å²) in [6.45, 7) is -0.238. The molecule has 2 aromatic rings. The summed E-state index contributed by atoms with van der Waals surface area (Å²) in [6, 6.07) is 10.0. The molecular formula is C19H16F3N3O4. The van der Waals surface area contributed by atoms with E-state index in [-0.39, 0.29) is 17.9 Å². The van der Waals surface area contributed by atoms with Crippen molar-refractivity contribution in [3.8, 4) is 17.6 Å². The molecule has 0 aliphatic heterocycles. The van der Waals surface area contributed by atoms with Crippen LogP contribution in [0.1, 0.15) is 21.5 Å². The van der Waals surface area contributed by atoms with Gasteiger partial charge in [-0.25, -0.2) is 5.48 Å². The van der Waals surface area contributed by atoms with Crippen LogP contribution in [0.4, 0.5) is 13.2 Å². The van der Waals surface area contributed by atoms with Gasteiger partial charge >= 0.3 is 6.36 Å². The van der Waals surface area contributed by atoms with E-state index in [4.69, 9.17) is 10.9 Å². The zero-order valence-corrected chi connectivity index (χ0v) is 14.8. The van der Waals surface area contributed by atoms with Crippen LogP contribution in [-0.2, 0) is 4.79 Å². The van der Waals surface area contributed by atoms with E-state index >= 15 is 0 Å². The molecule has 1 atom stereocenters. The zero-order valence-electron chi connectivity index (χ0n) is 14.8. The van der Waals surface area contributed by atoms with Crippen molar-refractivity contribution in [2.45, 2.75) is 12.4 Å². The van der Waals surface area contributed by atoms with E-state index in [1.165, 1.54) is 23.7 Å². The van der Waals surface area contributed by atoms with Crippen LogP contribution >= 0.6 is 0 Å². The molecule has 0 heterocycles. The van der Waals surface area contributed by atoms with Crippen LogP contribution in [0.5, 0.6) is 5.75 Å². The van der Waals surface area contributed by atoms with Crippen LogP contribution in [-0.4, -0.2) is 36.0 Å². The molecule has 5 N–H and O–H groups in total. The van der Waals surface area contributed by atoms with Crippen molar-refractivity contribution in [1.82, 2.24) is 10.8 Å². The van der Waals surface area contributed by atoms with Gasteiger partial charge in [-0.3, -0.25) is 14.8 Å². The summed E-state index contributed by atoms with van der Waals surface area (Å²) in [7, 11) is 0. The second kappa shape index (κ2) is 9.59. The molecule has 29 heavy (non-hydrogen) atoms. The first-order chi connectivity index (χ1) is 13.7. The quantitative estimate of drug-likeness (QED) is 0.341. The number of rotatable bonds is 5. The molecule has 0 aliphatic rings. The molecule has 10 heteroatoms. The van der Waals surface area contributed by atoms with Crippen molar-refractivity contribution in [2.75, 3.05) is 6.54 Å². The van der Waals surface area contributed by atoms with E-state index in [1.807, 2.05) is 0 Å². The molecule has 0 saturated heterocycles. The summed E-state index contributed by atoms with van der Waals surface area (Å²) in [5.74, 6) is 3.61. The molecule has 0 saturated carbocycles. The highest BCUT2D eigenvalue weighted by molar-refractivity contribution is 5.99. The van der Waals surface area contributed by atoms with Gasteiger partial charge in [-0.15, -0.1) is 13.2 Å². The number of hydroxylamine groups is 1. The SMILES string of the molecule is NCC(NC(=O)c1ccccc1C#Cc1ccc(OC(F)(F)F)cc1)C(=O)NO. The normalized spacial score (nSPS) is 11.6. The molecule has 0 aromatic heterocycles. The van der Waals surface area contributed by atoms with Gasteiger partial charge in [0.2, 0.25) is 0 Å². The molecule has 2 aromatic carbocycles. The molecule has 0 bridgehead atoms. The average molecular weight is 407 g/mol. The second-order valence-electron chi connectivity index (χ2n) is 5.61. The van der Waals surface area contributed by atoms with Crippen LogP contribution in [0, 0.1) is 11.8 Å². The number of amides is 2. The van der Waals surface area contributed by atoms with Gasteiger partial charge in [0.1, 0.15) is 11.8 Å². The predicted octanol–water partition coefficient (Wildman–Crippen LogP) is 1.55. The van der Waals surface area contributed by atoms with E-state index < -0.39 is 24.2 Å². The molecule has 0 spiro atoms. The standard InChI is InChI=1S/C19H16F3N3O4/c20-19(21,22)29-14-9-6-12(7-10-14)5-8-13-3-1-2-4-15(13)17(26)24-16(11-23)18(27)25-28/h1-4,6-7,9-10,16,28H,11,23H2,(H,24,26)(H,25,27). The fourth-order valence-electron chi connectivity index (χ4n) is 2.21. The summed E-state index contributed by atoms with van der Waals surface area (Å²) >= 11 is 0. The summed E-state index contributed by atoms with van der Waals surface area (Å²) in [5.41, 5.74) is 7.69. The maximum atomic E-state index is 12.4. The Bertz CT molecular complexity index is 934. The van der Waals surface area contributed by atoms with Gasteiger partial charge in [-0.1, -0.05) is 24.0 Å². The van der Waals surface area contributed by atoms with E-state index in [9.17, 15) is 22.8 Å². The predicted molar refractivity (Wildman–Crippen MR) is 95.8 cm³/mol. The first-order valence-electron chi connectivity index (χ1n) is 8.15. The minimum absolute atomic E-state index is 0.154. The molecule has 0 aliphatic carbocycles. The number of carbonyl (C=O) groups is 2. The number of carbonyl (C=O) groups excluding carboxylic acids is 2. The summed E-state index contributed by atoms with van der Waals surface area (Å²) < 4.78 is 40.3. The summed E-state index contributed by atoms with van der Waals surface area (Å²) in [5, 5.41) is 11.0. The topological polar surface area (TPSA) is 114 Å². The van der Waals surface area contributed by atoms with Crippen molar-refractivity contribution in [2.24, 2.45) is 5.73 Å². The van der Waals surface area contributed by atoms with Gasteiger partial charge < -0.3 is 15.8 Å². The van der Waals surface area contributed by atoms with Gasteiger partial charge in [-0.2, -0.15) is 0 Å². The number of halogens is 3. The molecular weight excluding hydrogens is 391 g/mol. The Labute approximate surface area is 163 Å². The van der Waals surface area contributed by atoms with Crippen molar-refractivity contribution >= 4 is 11.8 Å². The van der Waals surface area contributed by atoms with Crippen molar-refractivity contribution < 1.29 is 32.7 Å². The lowest BCUT2D eigenvalue weighted by Gasteiger charge is -2.15. The maximum absolute atomic E-state index is 12.4. The minimum Gasteiger partial charge on any atom is -0.406 e. The highest BCUT2D eigenvalue weighted by Gasteiger charge is 2.30. The molecule has 7 nitrogen and oxygen atoms in total. The highest BCUT2D eigenvalue weighted by Crippen LogP contribution is 2.22. The molecule has 2 amide bonds. The van der Waals surface area contributed by atoms with Crippen LogP contribution in [0.25, 0.3) is 0 Å². The Morgan fingerprint density at radius 1 is 1.10 bits per heavy atom. The number of nitrogens with two attached hydrogens (primary N) is 1. The van der Waals surface area contributed by atoms with Gasteiger partial charge in [0.05, 0.1) is 5.56 Å². The van der Waals surface area contributed by atoms with E-state index in [0.717, 1.165) is 12.1 Å². The Hall–Kier alpha value is -3.55. The van der Waals surface area contributed by atoms with Crippen LogP contribution in [0.2, 0.25) is 0 Å². The summed E-state index contributed by atoms with van der Waals surface area (Å²) in [6.07, 6.45) is -4.78. The fraction of sp³-hybridized carbons (Fsp3) is 0.158. The second-order valence-corrected chi connectivity index (χ2v) is 5.61. The number of ether oxygens (including phenoxy) is 1. The first-order valence-corrected chi connectivity index (χ1v) is 8.15. The smallest absolute Gasteiger partial charge is 0.406 e. The summed E-state index contributed by atoms with van der Waals surface area (Å²) in [4.78, 5) is 23.9. The Kier molecular flexibility index (Phi) is 7.19. The number of benzene rings is 2. The minimum atomic E-state index is -4.78. The van der Waals surface area contributed by atoms with E-state index in [2.05, 4.69) is 21.9 Å². The van der Waals surface area contributed by atoms with Gasteiger partial charge in [0.15, 0.2) is 0 Å². The van der Waals surface area contributed by atoms with Gasteiger partial charge in [-0.05, 0) is 36.4 Å². The third kappa shape index (κ3) is 6.53. The third-order valence-corrected chi connectivity index (χ3v) is 3.57. The Balaban J connectivity index is 2.20. The average Bonchev–Trinajstić information content (AvgIpc) is 2.69. The van der Waals surface area contributed by atoms with Crippen LogP contribution in [0.15, 0.2) is 48.5 Å². The van der Waals surface area contributed by atoms with E-state index in [1.54, 1.807) is 18.2 Å². The Morgan fingerprint density at radius 2 is 1.76 bits per heavy atom. The lowest BCUT2D eigenvalue weighted by molar-refractivity contribution is -0.274. The molecule has 0 fully saturated rings. The number of alkyl halides is 3. The molecule has 2 rings (SSSR count). The van der Waals surface area contributed by atoms with Crippen molar-refractivity contribution in [1.29, 1.82) is 0 Å². The van der Waals surface area contributed by atoms with Gasteiger partial charge in [0.25, 0.3) is 11.8 Å². The van der Waals surface area contributed by atoms with Crippen molar-refractivity contribution in [3.63, 3.8) is 0 Å². The first kappa shape index (κ1) is 21.7. The van der Waals surface area contributed by atoms with Crippen LogP contribution < -0.4 is 21.3 Å². The lowest BCUT2D eigenvalue weighted by Crippen LogP contribution is -2.50. The fourth-order valence-corrected chi connectivity index (χ4v) is 2.21.